The van der Waals surface area contributed by atoms with E-state index in [1.807, 2.05) is 30.9 Å². The van der Waals surface area contributed by atoms with Gasteiger partial charge in [0.2, 0.25) is 5.91 Å². The van der Waals surface area contributed by atoms with Crippen LogP contribution in [0.4, 0.5) is 0 Å². The lowest BCUT2D eigenvalue weighted by Gasteiger charge is -2.32. The number of benzene rings is 2. The zero-order valence-electron chi connectivity index (χ0n) is 18.5. The van der Waals surface area contributed by atoms with Crippen molar-refractivity contribution in [2.75, 3.05) is 19.7 Å². The first-order chi connectivity index (χ1) is 14.8. The lowest BCUT2D eigenvalue weighted by atomic mass is 10.0. The van der Waals surface area contributed by atoms with E-state index in [4.69, 9.17) is 16.3 Å². The fraction of sp³-hybridized carbons (Fsp3) is 0.440. The molecule has 2 aromatic rings. The number of halogens is 1. The van der Waals surface area contributed by atoms with Gasteiger partial charge in [-0.25, -0.2) is 0 Å². The molecule has 0 aliphatic carbocycles. The summed E-state index contributed by atoms with van der Waals surface area (Å²) in [6.07, 6.45) is 2.75. The van der Waals surface area contributed by atoms with Crippen molar-refractivity contribution >= 4 is 23.4 Å². The van der Waals surface area contributed by atoms with E-state index in [1.54, 1.807) is 0 Å². The van der Waals surface area contributed by atoms with E-state index in [2.05, 4.69) is 36.5 Å². The number of carbonyl (C=O) groups excluding carboxylic acids is 2. The van der Waals surface area contributed by atoms with Crippen molar-refractivity contribution in [3.05, 3.63) is 63.7 Å². The number of nitrogens with zero attached hydrogens (tertiary/aromatic N) is 1. The molecule has 0 aromatic heterocycles. The average molecular weight is 443 g/mol. The van der Waals surface area contributed by atoms with Crippen molar-refractivity contribution in [1.82, 2.24) is 10.2 Å². The van der Waals surface area contributed by atoms with Gasteiger partial charge in [0, 0.05) is 30.6 Å². The zero-order chi connectivity index (χ0) is 22.4. The maximum absolute atomic E-state index is 12.5. The van der Waals surface area contributed by atoms with Gasteiger partial charge in [-0.05, 0) is 68.9 Å². The number of hydrogen-bond donors (Lipinski definition) is 1. The molecule has 5 nitrogen and oxygen atoms in total. The second kappa shape index (κ2) is 10.7. The van der Waals surface area contributed by atoms with Crippen LogP contribution in [0.1, 0.15) is 41.5 Å². The summed E-state index contributed by atoms with van der Waals surface area (Å²) in [6.45, 7) is 7.16. The number of carbonyl (C=O) groups is 2. The fourth-order valence-electron chi connectivity index (χ4n) is 3.81. The maximum Gasteiger partial charge on any atom is 0.260 e. The minimum Gasteiger partial charge on any atom is -0.484 e. The Bertz CT molecular complexity index is 896. The Morgan fingerprint density at radius 1 is 1.06 bits per heavy atom. The first-order valence-electron chi connectivity index (χ1n) is 10.8. The SMILES string of the molecule is Cc1ccc(CCC(=O)NC2CCN(C(=O)COc3cc(C)c(Cl)c(C)c3)CC2)cc1. The van der Waals surface area contributed by atoms with Gasteiger partial charge < -0.3 is 15.0 Å². The molecule has 1 heterocycles. The number of aryl methyl sites for hydroxylation is 4. The monoisotopic (exact) mass is 442 g/mol. The van der Waals surface area contributed by atoms with Gasteiger partial charge in [0.25, 0.3) is 5.91 Å². The number of hydrogen-bond acceptors (Lipinski definition) is 3. The molecule has 31 heavy (non-hydrogen) atoms. The second-order valence-electron chi connectivity index (χ2n) is 8.37. The van der Waals surface area contributed by atoms with Crippen LogP contribution in [0.5, 0.6) is 5.75 Å². The molecule has 1 aliphatic rings. The molecule has 166 valence electrons. The Morgan fingerprint density at radius 2 is 1.68 bits per heavy atom. The average Bonchev–Trinajstić information content (AvgIpc) is 2.76. The molecule has 0 spiro atoms. The lowest BCUT2D eigenvalue weighted by molar-refractivity contribution is -0.134. The van der Waals surface area contributed by atoms with Crippen molar-refractivity contribution in [3.8, 4) is 5.75 Å². The molecule has 6 heteroatoms. The second-order valence-corrected chi connectivity index (χ2v) is 8.75. The highest BCUT2D eigenvalue weighted by Crippen LogP contribution is 2.26. The van der Waals surface area contributed by atoms with Crippen LogP contribution < -0.4 is 10.1 Å². The van der Waals surface area contributed by atoms with Gasteiger partial charge in [-0.1, -0.05) is 41.4 Å². The lowest BCUT2D eigenvalue weighted by Crippen LogP contribution is -2.47. The molecule has 1 fully saturated rings. The van der Waals surface area contributed by atoms with Crippen LogP contribution in [-0.4, -0.2) is 42.5 Å². The number of rotatable bonds is 7. The Hall–Kier alpha value is -2.53. The number of piperidine rings is 1. The molecule has 3 rings (SSSR count). The van der Waals surface area contributed by atoms with E-state index in [-0.39, 0.29) is 24.5 Å². The minimum absolute atomic E-state index is 0.00802. The van der Waals surface area contributed by atoms with Gasteiger partial charge in [-0.3, -0.25) is 9.59 Å². The van der Waals surface area contributed by atoms with Crippen molar-refractivity contribution in [3.63, 3.8) is 0 Å². The highest BCUT2D eigenvalue weighted by molar-refractivity contribution is 6.32. The molecule has 0 bridgehead atoms. The first-order valence-corrected chi connectivity index (χ1v) is 11.2. The molecule has 1 aliphatic heterocycles. The molecule has 0 unspecified atom stereocenters. The summed E-state index contributed by atoms with van der Waals surface area (Å²) in [7, 11) is 0. The predicted molar refractivity (Wildman–Crippen MR) is 124 cm³/mol. The number of ether oxygens (including phenoxy) is 1. The van der Waals surface area contributed by atoms with E-state index in [9.17, 15) is 9.59 Å². The molecule has 0 radical (unpaired) electrons. The topological polar surface area (TPSA) is 58.6 Å². The van der Waals surface area contributed by atoms with Gasteiger partial charge >= 0.3 is 0 Å². The molecule has 0 saturated carbocycles. The van der Waals surface area contributed by atoms with E-state index < -0.39 is 0 Å². The summed E-state index contributed by atoms with van der Waals surface area (Å²) in [4.78, 5) is 26.6. The molecule has 2 amide bonds. The zero-order valence-corrected chi connectivity index (χ0v) is 19.3. The van der Waals surface area contributed by atoms with Crippen molar-refractivity contribution in [1.29, 1.82) is 0 Å². The molecule has 2 aromatic carbocycles. The van der Waals surface area contributed by atoms with Crippen LogP contribution in [0.15, 0.2) is 36.4 Å². The van der Waals surface area contributed by atoms with Crippen LogP contribution in [0.3, 0.4) is 0 Å². The standard InChI is InChI=1S/C25H31ClN2O3/c1-17-4-6-20(7-5-17)8-9-23(29)27-21-10-12-28(13-11-21)24(30)16-31-22-14-18(2)25(26)19(3)15-22/h4-7,14-15,21H,8-13,16H2,1-3H3,(H,27,29). The third-order valence-electron chi connectivity index (χ3n) is 5.75. The Morgan fingerprint density at radius 3 is 2.29 bits per heavy atom. The van der Waals surface area contributed by atoms with Crippen molar-refractivity contribution < 1.29 is 14.3 Å². The Kier molecular flexibility index (Phi) is 7.97. The number of likely N-dealkylation sites (tertiary alicyclic amines) is 1. The Balaban J connectivity index is 1.38. The van der Waals surface area contributed by atoms with Gasteiger partial charge in [0.15, 0.2) is 6.61 Å². The summed E-state index contributed by atoms with van der Waals surface area (Å²) in [5, 5.41) is 3.84. The highest BCUT2D eigenvalue weighted by atomic mass is 35.5. The normalized spacial score (nSPS) is 14.4. The quantitative estimate of drug-likeness (QED) is 0.692. The summed E-state index contributed by atoms with van der Waals surface area (Å²) >= 11 is 6.18. The van der Waals surface area contributed by atoms with Gasteiger partial charge in [-0.15, -0.1) is 0 Å². The maximum atomic E-state index is 12.5. The van der Waals surface area contributed by atoms with Crippen LogP contribution in [-0.2, 0) is 16.0 Å². The summed E-state index contributed by atoms with van der Waals surface area (Å²) in [6, 6.07) is 12.1. The first kappa shape index (κ1) is 23.1. The van der Waals surface area contributed by atoms with Gasteiger partial charge in [-0.2, -0.15) is 0 Å². The molecule has 0 atom stereocenters. The molecule has 1 saturated heterocycles. The minimum atomic E-state index is -0.0330. The summed E-state index contributed by atoms with van der Waals surface area (Å²) in [5.41, 5.74) is 4.26. The smallest absolute Gasteiger partial charge is 0.260 e. The van der Waals surface area contributed by atoms with E-state index in [1.165, 1.54) is 11.1 Å². The van der Waals surface area contributed by atoms with Crippen LogP contribution in [0, 0.1) is 20.8 Å². The van der Waals surface area contributed by atoms with Crippen LogP contribution in [0.2, 0.25) is 5.02 Å². The van der Waals surface area contributed by atoms with Gasteiger partial charge in [0.05, 0.1) is 0 Å². The van der Waals surface area contributed by atoms with Crippen molar-refractivity contribution in [2.24, 2.45) is 0 Å². The highest BCUT2D eigenvalue weighted by Gasteiger charge is 2.24. The summed E-state index contributed by atoms with van der Waals surface area (Å²) in [5.74, 6) is 0.694. The third kappa shape index (κ3) is 6.73. The Labute approximate surface area is 189 Å². The third-order valence-corrected chi connectivity index (χ3v) is 6.34. The van der Waals surface area contributed by atoms with E-state index in [0.717, 1.165) is 35.4 Å². The van der Waals surface area contributed by atoms with E-state index >= 15 is 0 Å². The molecule has 1 N–H and O–H groups in total. The number of amides is 2. The fourth-order valence-corrected chi connectivity index (χ4v) is 3.92. The van der Waals surface area contributed by atoms with Crippen LogP contribution >= 0.6 is 11.6 Å². The number of nitrogens with one attached hydrogen (secondary N) is 1. The largest absolute Gasteiger partial charge is 0.484 e. The predicted octanol–water partition coefficient (Wildman–Crippen LogP) is 4.38. The molecular formula is C25H31ClN2O3. The van der Waals surface area contributed by atoms with Gasteiger partial charge in [0.1, 0.15) is 5.75 Å². The molecular weight excluding hydrogens is 412 g/mol. The summed E-state index contributed by atoms with van der Waals surface area (Å²) < 4.78 is 5.69. The van der Waals surface area contributed by atoms with Crippen LogP contribution in [0.25, 0.3) is 0 Å². The van der Waals surface area contributed by atoms with Crippen molar-refractivity contribution in [2.45, 2.75) is 52.5 Å². The van der Waals surface area contributed by atoms with E-state index in [0.29, 0.717) is 25.3 Å².